The second kappa shape index (κ2) is 17.0. The van der Waals surface area contributed by atoms with Crippen molar-refractivity contribution in [1.29, 1.82) is 0 Å². The summed E-state index contributed by atoms with van der Waals surface area (Å²) in [5, 5.41) is 0. The van der Waals surface area contributed by atoms with Crippen molar-refractivity contribution < 1.29 is 14.4 Å². The van der Waals surface area contributed by atoms with Gasteiger partial charge in [0.2, 0.25) is 11.8 Å². The Balaban J connectivity index is 2.13. The Bertz CT molecular complexity index is 1400. The van der Waals surface area contributed by atoms with Crippen LogP contribution in [-0.2, 0) is 22.4 Å². The molecule has 0 saturated carbocycles. The highest BCUT2D eigenvalue weighted by Gasteiger charge is 2.57. The minimum absolute atomic E-state index is 0.0273. The van der Waals surface area contributed by atoms with Crippen LogP contribution in [0.25, 0.3) is 0 Å². The van der Waals surface area contributed by atoms with E-state index >= 15 is 0 Å². The molecule has 2 aromatic carbocycles. The van der Waals surface area contributed by atoms with Crippen molar-refractivity contribution in [3.63, 3.8) is 0 Å². The molecule has 1 aliphatic heterocycles. The van der Waals surface area contributed by atoms with Crippen LogP contribution in [-0.4, -0.2) is 65.7 Å². The molecule has 0 atom stereocenters. The Morgan fingerprint density at radius 2 is 0.933 bits per heavy atom. The maximum absolute atomic E-state index is 14.6. The number of aliphatic imine (C=N–C) groups is 2. The fourth-order valence-corrected chi connectivity index (χ4v) is 7.97. The Morgan fingerprint density at radius 1 is 0.578 bits per heavy atom. The summed E-state index contributed by atoms with van der Waals surface area (Å²) in [5.41, 5.74) is 21.6. The van der Waals surface area contributed by atoms with Gasteiger partial charge in [0, 0.05) is 53.0 Å². The van der Waals surface area contributed by atoms with Crippen LogP contribution < -0.4 is 22.9 Å². The number of carbonyl (C=O) groups excluding carboxylic acids is 3. The summed E-state index contributed by atoms with van der Waals surface area (Å²) in [6, 6.07) is 6.77. The second-order valence-electron chi connectivity index (χ2n) is 10.4. The van der Waals surface area contributed by atoms with Crippen LogP contribution in [0.4, 0.5) is 4.79 Å². The monoisotopic (exact) mass is 1000 g/mol. The molecule has 11 nitrogen and oxygen atoms in total. The largest absolute Gasteiger partial charge is 0.370 e. The highest BCUT2D eigenvalue weighted by atomic mass is 79.9. The van der Waals surface area contributed by atoms with Gasteiger partial charge >= 0.3 is 6.03 Å². The molecule has 1 heterocycles. The first-order valence-electron chi connectivity index (χ1n) is 13.7. The predicted molar refractivity (Wildman–Crippen MR) is 198 cm³/mol. The number of amides is 4. The summed E-state index contributed by atoms with van der Waals surface area (Å²) < 4.78 is 4.52. The number of guanidine groups is 2. The van der Waals surface area contributed by atoms with Crippen LogP contribution in [0.3, 0.4) is 0 Å². The van der Waals surface area contributed by atoms with E-state index in [2.05, 4.69) is 106 Å². The topological polar surface area (TPSA) is 186 Å². The molecule has 1 fully saturated rings. The zero-order valence-corrected chi connectivity index (χ0v) is 33.5. The quantitative estimate of drug-likeness (QED) is 0.0594. The van der Waals surface area contributed by atoms with Crippen molar-refractivity contribution in [1.82, 2.24) is 9.80 Å². The number of unbranched alkanes of at least 4 members (excludes halogenated alkanes) is 2. The van der Waals surface area contributed by atoms with Crippen LogP contribution in [0.2, 0.25) is 0 Å². The van der Waals surface area contributed by atoms with Crippen LogP contribution >= 0.6 is 95.6 Å². The lowest BCUT2D eigenvalue weighted by Gasteiger charge is -2.44. The van der Waals surface area contributed by atoms with Gasteiger partial charge in [-0.15, -0.1) is 0 Å². The number of hydrogen-bond acceptors (Lipinski definition) is 5. The van der Waals surface area contributed by atoms with Gasteiger partial charge in [0.15, 0.2) is 11.9 Å². The molecule has 0 aliphatic carbocycles. The molecule has 2 aromatic rings. The highest BCUT2D eigenvalue weighted by molar-refractivity contribution is 9.13. The van der Waals surface area contributed by atoms with Crippen molar-refractivity contribution >= 4 is 125 Å². The molecule has 244 valence electrons. The number of carbonyl (C=O) groups is 3. The van der Waals surface area contributed by atoms with E-state index in [9.17, 15) is 14.4 Å². The van der Waals surface area contributed by atoms with Gasteiger partial charge < -0.3 is 22.9 Å². The molecule has 8 N–H and O–H groups in total. The number of rotatable bonds is 14. The average Bonchev–Trinajstić information content (AvgIpc) is 2.96. The van der Waals surface area contributed by atoms with Gasteiger partial charge in [0.25, 0.3) is 0 Å². The van der Waals surface area contributed by atoms with E-state index in [0.29, 0.717) is 58.8 Å². The summed E-state index contributed by atoms with van der Waals surface area (Å²) in [6.45, 7) is 0.870. The normalized spacial score (nSPS) is 14.6. The van der Waals surface area contributed by atoms with Gasteiger partial charge in [-0.2, -0.15) is 0 Å². The second-order valence-corrected chi connectivity index (χ2v) is 15.5. The molecule has 3 rings (SSSR count). The number of nitrogens with zero attached hydrogens (tertiary/aromatic N) is 4. The van der Waals surface area contributed by atoms with Gasteiger partial charge in [0.1, 0.15) is 5.41 Å². The molecule has 1 aliphatic rings. The molecule has 4 amide bonds. The fraction of sp³-hybridized carbons (Fsp3) is 0.393. The third-order valence-electron chi connectivity index (χ3n) is 7.10. The van der Waals surface area contributed by atoms with Crippen LogP contribution in [0.15, 0.2) is 61.1 Å². The van der Waals surface area contributed by atoms with E-state index in [4.69, 9.17) is 22.9 Å². The van der Waals surface area contributed by atoms with Crippen molar-refractivity contribution in [2.24, 2.45) is 38.3 Å². The average molecular weight is 1010 g/mol. The first-order valence-corrected chi connectivity index (χ1v) is 18.5. The number of nitrogens with two attached hydrogens (primary N) is 4. The standard InChI is InChI=1S/C28H32Br6N8O3/c29-17-11-21(33)19(31)9-15(17)13-28(14-16-10-20(32)22(34)12-18(16)30)23(43)41(7-3-1-5-39-25(35)36)27(45)42(24(28)44)8-4-2-6-40-26(37)38/h9-12H,1-8,13-14H2,(H4,35,36,39)(H4,37,38,40). The summed E-state index contributed by atoms with van der Waals surface area (Å²) in [6.07, 6.45) is 2.00. The molecule has 0 aromatic heterocycles. The maximum Gasteiger partial charge on any atom is 0.333 e. The molecule has 0 bridgehead atoms. The summed E-state index contributed by atoms with van der Waals surface area (Å²) in [4.78, 5) is 53.5. The lowest BCUT2D eigenvalue weighted by atomic mass is 9.72. The third kappa shape index (κ3) is 9.75. The SMILES string of the molecule is NC(N)=NCCCCN1C(=O)N(CCCCN=C(N)N)C(=O)C(Cc2cc(Br)c(Br)cc2Br)(Cc2cc(Br)c(Br)cc2Br)C1=O. The Morgan fingerprint density at radius 3 is 1.29 bits per heavy atom. The Hall–Kier alpha value is -1.53. The molecule has 17 heteroatoms. The number of benzene rings is 2. The lowest BCUT2D eigenvalue weighted by molar-refractivity contribution is -0.159. The third-order valence-corrected chi connectivity index (χ3v) is 12.3. The number of halogens is 6. The van der Waals surface area contributed by atoms with Gasteiger partial charge in [-0.25, -0.2) is 4.79 Å². The minimum atomic E-state index is -1.65. The molecule has 45 heavy (non-hydrogen) atoms. The first-order chi connectivity index (χ1) is 21.2. The maximum atomic E-state index is 14.6. The number of urea groups is 1. The van der Waals surface area contributed by atoms with Gasteiger partial charge in [-0.05, 0) is 138 Å². The lowest BCUT2D eigenvalue weighted by Crippen LogP contribution is -2.66. The Kier molecular flexibility index (Phi) is 14.4. The van der Waals surface area contributed by atoms with Gasteiger partial charge in [-0.3, -0.25) is 29.4 Å². The summed E-state index contributed by atoms with van der Waals surface area (Å²) >= 11 is 21.4. The molecular formula is C28H32Br6N8O3. The van der Waals surface area contributed by atoms with Crippen molar-refractivity contribution in [2.45, 2.75) is 38.5 Å². The Labute approximate surface area is 312 Å². The van der Waals surface area contributed by atoms with E-state index in [1.54, 1.807) is 0 Å². The van der Waals surface area contributed by atoms with Crippen LogP contribution in [0.5, 0.6) is 0 Å². The van der Waals surface area contributed by atoms with E-state index < -0.39 is 23.3 Å². The van der Waals surface area contributed by atoms with E-state index in [-0.39, 0.29) is 37.9 Å². The van der Waals surface area contributed by atoms with Gasteiger partial charge in [0.05, 0.1) is 0 Å². The van der Waals surface area contributed by atoms with Crippen LogP contribution in [0, 0.1) is 5.41 Å². The predicted octanol–water partition coefficient (Wildman–Crippen LogP) is 5.93. The van der Waals surface area contributed by atoms with Crippen molar-refractivity contribution in [3.05, 3.63) is 62.2 Å². The van der Waals surface area contributed by atoms with E-state index in [0.717, 1.165) is 17.9 Å². The zero-order valence-electron chi connectivity index (χ0n) is 24.0. The van der Waals surface area contributed by atoms with E-state index in [1.807, 2.05) is 24.3 Å². The minimum Gasteiger partial charge on any atom is -0.370 e. The number of imide groups is 2. The molecule has 1 saturated heterocycles. The molecular weight excluding hydrogens is 976 g/mol. The van der Waals surface area contributed by atoms with Crippen molar-refractivity contribution in [3.8, 4) is 0 Å². The number of hydrogen-bond donors (Lipinski definition) is 4. The molecule has 0 unspecified atom stereocenters. The van der Waals surface area contributed by atoms with Gasteiger partial charge in [-0.1, -0.05) is 31.9 Å². The van der Waals surface area contributed by atoms with Crippen molar-refractivity contribution in [2.75, 3.05) is 26.2 Å². The molecule has 0 spiro atoms. The van der Waals surface area contributed by atoms with Crippen LogP contribution in [0.1, 0.15) is 36.8 Å². The first kappa shape index (κ1) is 37.9. The zero-order chi connectivity index (χ0) is 33.5. The van der Waals surface area contributed by atoms with E-state index in [1.165, 1.54) is 9.80 Å². The summed E-state index contributed by atoms with van der Waals surface area (Å²) in [5.74, 6) is -1.19. The highest BCUT2D eigenvalue weighted by Crippen LogP contribution is 2.42. The molecule has 0 radical (unpaired) electrons. The number of barbiturate groups is 1. The summed E-state index contributed by atoms with van der Waals surface area (Å²) in [7, 11) is 0. The fourth-order valence-electron chi connectivity index (χ4n) is 4.92. The smallest absolute Gasteiger partial charge is 0.333 e.